The number of rotatable bonds is 4. The standard InChI is InChI=1S/C24H16F4N2O/c25-17-9-11-18(12-10-17)30-21(31)13-16-14-29-23-19(7-4-8-20(23)24(26,27)28)22(16)15-5-2-1-3-6-15/h1-12,14H,13H2,(H,30,31). The Hall–Kier alpha value is -3.74. The predicted molar refractivity (Wildman–Crippen MR) is 111 cm³/mol. The molecule has 0 fully saturated rings. The molecule has 1 heterocycles. The third kappa shape index (κ3) is 4.40. The highest BCUT2D eigenvalue weighted by Gasteiger charge is 2.33. The lowest BCUT2D eigenvalue weighted by molar-refractivity contribution is -0.136. The second-order valence-corrected chi connectivity index (χ2v) is 6.96. The molecule has 0 aliphatic rings. The third-order valence-electron chi connectivity index (χ3n) is 4.82. The summed E-state index contributed by atoms with van der Waals surface area (Å²) in [4.78, 5) is 16.7. The molecule has 4 rings (SSSR count). The summed E-state index contributed by atoms with van der Waals surface area (Å²) in [5, 5.41) is 2.98. The molecule has 1 N–H and O–H groups in total. The van der Waals surface area contributed by atoms with Gasteiger partial charge in [-0.2, -0.15) is 13.2 Å². The van der Waals surface area contributed by atoms with Gasteiger partial charge < -0.3 is 5.32 Å². The van der Waals surface area contributed by atoms with Crippen LogP contribution in [0.5, 0.6) is 0 Å². The van der Waals surface area contributed by atoms with Gasteiger partial charge in [0.2, 0.25) is 5.91 Å². The first kappa shape index (κ1) is 20.5. The minimum absolute atomic E-state index is 0.110. The number of amides is 1. The molecule has 0 unspecified atom stereocenters. The van der Waals surface area contributed by atoms with Crippen LogP contribution in [0, 0.1) is 5.82 Å². The van der Waals surface area contributed by atoms with E-state index in [4.69, 9.17) is 0 Å². The summed E-state index contributed by atoms with van der Waals surface area (Å²) >= 11 is 0. The van der Waals surface area contributed by atoms with Crippen LogP contribution in [0.2, 0.25) is 0 Å². The fraction of sp³-hybridized carbons (Fsp3) is 0.0833. The van der Waals surface area contributed by atoms with Crippen LogP contribution in [0.15, 0.2) is 79.0 Å². The van der Waals surface area contributed by atoms with Crippen LogP contribution in [0.3, 0.4) is 0 Å². The quantitative estimate of drug-likeness (QED) is 0.394. The molecule has 0 saturated heterocycles. The van der Waals surface area contributed by atoms with Crippen molar-refractivity contribution >= 4 is 22.5 Å². The number of aromatic nitrogens is 1. The van der Waals surface area contributed by atoms with Crippen molar-refractivity contribution in [1.82, 2.24) is 4.98 Å². The van der Waals surface area contributed by atoms with Gasteiger partial charge in [0.05, 0.1) is 17.5 Å². The van der Waals surface area contributed by atoms with E-state index in [1.54, 1.807) is 36.4 Å². The Morgan fingerprint density at radius 3 is 2.29 bits per heavy atom. The highest BCUT2D eigenvalue weighted by atomic mass is 19.4. The summed E-state index contributed by atoms with van der Waals surface area (Å²) in [5.41, 5.74) is 1.10. The first-order valence-corrected chi connectivity index (χ1v) is 9.41. The van der Waals surface area contributed by atoms with Crippen LogP contribution in [0.4, 0.5) is 23.2 Å². The molecule has 0 bridgehead atoms. The molecule has 0 atom stereocenters. The van der Waals surface area contributed by atoms with Crippen LogP contribution in [-0.2, 0) is 17.4 Å². The molecule has 31 heavy (non-hydrogen) atoms. The van der Waals surface area contributed by atoms with E-state index in [1.165, 1.54) is 36.5 Å². The number of benzene rings is 3. The second-order valence-electron chi connectivity index (χ2n) is 6.96. The van der Waals surface area contributed by atoms with E-state index in [0.29, 0.717) is 27.8 Å². The molecular formula is C24H16F4N2O. The molecule has 0 radical (unpaired) electrons. The highest BCUT2D eigenvalue weighted by molar-refractivity contribution is 6.00. The van der Waals surface area contributed by atoms with E-state index in [9.17, 15) is 22.4 Å². The van der Waals surface area contributed by atoms with Gasteiger partial charge in [0, 0.05) is 17.3 Å². The number of nitrogens with zero attached hydrogens (tertiary/aromatic N) is 1. The number of hydrogen-bond donors (Lipinski definition) is 1. The molecule has 3 nitrogen and oxygen atoms in total. The van der Waals surface area contributed by atoms with Crippen molar-refractivity contribution in [3.63, 3.8) is 0 Å². The fourth-order valence-electron chi connectivity index (χ4n) is 3.48. The molecule has 7 heteroatoms. The fourth-order valence-corrected chi connectivity index (χ4v) is 3.48. The zero-order valence-electron chi connectivity index (χ0n) is 16.1. The maximum atomic E-state index is 13.5. The number of para-hydroxylation sites is 1. The van der Waals surface area contributed by atoms with Gasteiger partial charge in [0.15, 0.2) is 0 Å². The Morgan fingerprint density at radius 1 is 0.903 bits per heavy atom. The Labute approximate surface area is 175 Å². The van der Waals surface area contributed by atoms with Crippen LogP contribution < -0.4 is 5.32 Å². The Bertz CT molecular complexity index is 1240. The zero-order valence-corrected chi connectivity index (χ0v) is 16.1. The number of halogens is 4. The number of fused-ring (bicyclic) bond motifs is 1. The van der Waals surface area contributed by atoms with E-state index >= 15 is 0 Å². The summed E-state index contributed by atoms with van der Waals surface area (Å²) < 4.78 is 53.6. The van der Waals surface area contributed by atoms with Gasteiger partial charge >= 0.3 is 6.18 Å². The van der Waals surface area contributed by atoms with Gasteiger partial charge in [0.25, 0.3) is 0 Å². The maximum absolute atomic E-state index is 13.5. The summed E-state index contributed by atoms with van der Waals surface area (Å²) in [5.74, 6) is -0.819. The van der Waals surface area contributed by atoms with Crippen molar-refractivity contribution in [1.29, 1.82) is 0 Å². The first-order valence-electron chi connectivity index (χ1n) is 9.41. The van der Waals surface area contributed by atoms with Gasteiger partial charge in [-0.3, -0.25) is 9.78 Å². The highest BCUT2D eigenvalue weighted by Crippen LogP contribution is 2.38. The molecule has 0 aliphatic heterocycles. The van der Waals surface area contributed by atoms with Crippen molar-refractivity contribution in [2.75, 3.05) is 5.32 Å². The van der Waals surface area contributed by atoms with Crippen LogP contribution in [0.1, 0.15) is 11.1 Å². The van der Waals surface area contributed by atoms with E-state index in [1.807, 2.05) is 0 Å². The minimum Gasteiger partial charge on any atom is -0.326 e. The molecule has 1 aromatic heterocycles. The van der Waals surface area contributed by atoms with Crippen molar-refractivity contribution in [3.05, 3.63) is 95.9 Å². The minimum atomic E-state index is -4.55. The lowest BCUT2D eigenvalue weighted by atomic mass is 9.93. The number of hydrogen-bond acceptors (Lipinski definition) is 2. The molecule has 0 spiro atoms. The van der Waals surface area contributed by atoms with Crippen molar-refractivity contribution in [3.8, 4) is 11.1 Å². The number of carbonyl (C=O) groups excluding carboxylic acids is 1. The normalized spacial score (nSPS) is 11.5. The van der Waals surface area contributed by atoms with Crippen molar-refractivity contribution in [2.24, 2.45) is 0 Å². The summed E-state index contributed by atoms with van der Waals surface area (Å²) in [6, 6.07) is 18.1. The Balaban J connectivity index is 1.79. The maximum Gasteiger partial charge on any atom is 0.418 e. The topological polar surface area (TPSA) is 42.0 Å². The smallest absolute Gasteiger partial charge is 0.326 e. The second kappa shape index (κ2) is 8.18. The summed E-state index contributed by atoms with van der Waals surface area (Å²) in [6.45, 7) is 0. The van der Waals surface area contributed by atoms with Crippen molar-refractivity contribution in [2.45, 2.75) is 12.6 Å². The Kier molecular flexibility index (Phi) is 5.42. The van der Waals surface area contributed by atoms with E-state index in [-0.39, 0.29) is 11.9 Å². The molecule has 3 aromatic carbocycles. The van der Waals surface area contributed by atoms with Gasteiger partial charge in [-0.15, -0.1) is 0 Å². The SMILES string of the molecule is O=C(Cc1cnc2c(C(F)(F)F)cccc2c1-c1ccccc1)Nc1ccc(F)cc1. The van der Waals surface area contributed by atoms with Gasteiger partial charge in [-0.05, 0) is 47.0 Å². The average Bonchev–Trinajstić information content (AvgIpc) is 2.74. The van der Waals surface area contributed by atoms with Crippen LogP contribution in [-0.4, -0.2) is 10.9 Å². The summed E-state index contributed by atoms with van der Waals surface area (Å²) in [7, 11) is 0. The lowest BCUT2D eigenvalue weighted by Crippen LogP contribution is -2.15. The molecule has 0 saturated carbocycles. The third-order valence-corrected chi connectivity index (χ3v) is 4.82. The Morgan fingerprint density at radius 2 is 1.61 bits per heavy atom. The van der Waals surface area contributed by atoms with E-state index in [0.717, 1.165) is 6.07 Å². The number of alkyl halides is 3. The summed E-state index contributed by atoms with van der Waals surface area (Å²) in [6.07, 6.45) is -3.35. The molecular weight excluding hydrogens is 408 g/mol. The van der Waals surface area contributed by atoms with Gasteiger partial charge in [0.1, 0.15) is 5.82 Å². The van der Waals surface area contributed by atoms with Crippen LogP contribution >= 0.6 is 0 Å². The van der Waals surface area contributed by atoms with E-state index < -0.39 is 23.5 Å². The number of nitrogens with one attached hydrogen (secondary N) is 1. The van der Waals surface area contributed by atoms with Crippen molar-refractivity contribution < 1.29 is 22.4 Å². The molecule has 156 valence electrons. The monoisotopic (exact) mass is 424 g/mol. The average molecular weight is 424 g/mol. The number of anilines is 1. The molecule has 0 aliphatic carbocycles. The number of carbonyl (C=O) groups is 1. The first-order chi connectivity index (χ1) is 14.8. The predicted octanol–water partition coefficient (Wildman–Crippen LogP) is 6.24. The molecule has 1 amide bonds. The van der Waals surface area contributed by atoms with Crippen LogP contribution in [0.25, 0.3) is 22.0 Å². The van der Waals surface area contributed by atoms with Gasteiger partial charge in [-0.1, -0.05) is 42.5 Å². The van der Waals surface area contributed by atoms with Gasteiger partial charge in [-0.25, -0.2) is 4.39 Å². The van der Waals surface area contributed by atoms with E-state index in [2.05, 4.69) is 10.3 Å². The largest absolute Gasteiger partial charge is 0.418 e. The lowest BCUT2D eigenvalue weighted by Gasteiger charge is -2.16. The zero-order chi connectivity index (χ0) is 22.0. The molecule has 4 aromatic rings. The number of pyridine rings is 1.